The first-order chi connectivity index (χ1) is 8.66. The molecular weight excluding hydrogens is 220 g/mol. The number of hydrogen-bond acceptors (Lipinski definition) is 2. The Morgan fingerprint density at radius 3 is 2.72 bits per heavy atom. The number of nitrogens with one attached hydrogen (secondary N) is 1. The van der Waals surface area contributed by atoms with Gasteiger partial charge in [0.15, 0.2) is 0 Å². The van der Waals surface area contributed by atoms with Gasteiger partial charge in [-0.05, 0) is 64.0 Å². The van der Waals surface area contributed by atoms with Crippen molar-refractivity contribution in [2.24, 2.45) is 11.8 Å². The van der Waals surface area contributed by atoms with Crippen LogP contribution in [-0.2, 0) is 0 Å². The summed E-state index contributed by atoms with van der Waals surface area (Å²) in [5.41, 5.74) is 0. The Labute approximate surface area is 114 Å². The van der Waals surface area contributed by atoms with E-state index in [1.807, 2.05) is 0 Å². The van der Waals surface area contributed by atoms with Gasteiger partial charge in [0, 0.05) is 18.6 Å². The Kier molecular flexibility index (Phi) is 5.50. The Morgan fingerprint density at radius 2 is 2.00 bits per heavy atom. The minimum absolute atomic E-state index is 0.792. The predicted octanol–water partition coefficient (Wildman–Crippen LogP) is 3.28. The first-order valence-corrected chi connectivity index (χ1v) is 8.14. The van der Waals surface area contributed by atoms with Gasteiger partial charge in [0.2, 0.25) is 0 Å². The van der Waals surface area contributed by atoms with E-state index in [0.717, 1.165) is 23.9 Å². The van der Waals surface area contributed by atoms with Crippen molar-refractivity contribution in [3.8, 4) is 0 Å². The Morgan fingerprint density at radius 1 is 1.17 bits per heavy atom. The Bertz CT molecular complexity index is 235. The minimum Gasteiger partial charge on any atom is -0.314 e. The first-order valence-electron chi connectivity index (χ1n) is 8.14. The third-order valence-corrected chi connectivity index (χ3v) is 5.13. The highest BCUT2D eigenvalue weighted by Crippen LogP contribution is 2.27. The zero-order valence-electron chi connectivity index (χ0n) is 12.6. The van der Waals surface area contributed by atoms with Crippen molar-refractivity contribution in [3.05, 3.63) is 0 Å². The molecule has 4 atom stereocenters. The van der Waals surface area contributed by atoms with E-state index in [1.165, 1.54) is 58.2 Å². The van der Waals surface area contributed by atoms with Gasteiger partial charge in [0.1, 0.15) is 0 Å². The van der Waals surface area contributed by atoms with Gasteiger partial charge >= 0.3 is 0 Å². The van der Waals surface area contributed by atoms with Crippen molar-refractivity contribution in [1.29, 1.82) is 0 Å². The lowest BCUT2D eigenvalue weighted by molar-refractivity contribution is 0.0771. The van der Waals surface area contributed by atoms with Crippen LogP contribution in [-0.4, -0.2) is 36.6 Å². The molecule has 0 spiro atoms. The second-order valence-electron chi connectivity index (χ2n) is 6.84. The van der Waals surface area contributed by atoms with Gasteiger partial charge in [-0.2, -0.15) is 0 Å². The molecule has 18 heavy (non-hydrogen) atoms. The number of hydrogen-bond donors (Lipinski definition) is 1. The number of piperidine rings is 2. The lowest BCUT2D eigenvalue weighted by Gasteiger charge is -2.41. The molecule has 0 aromatic carbocycles. The third kappa shape index (κ3) is 3.96. The van der Waals surface area contributed by atoms with Crippen molar-refractivity contribution in [1.82, 2.24) is 10.2 Å². The minimum atomic E-state index is 0.792. The highest BCUT2D eigenvalue weighted by Gasteiger charge is 2.28. The summed E-state index contributed by atoms with van der Waals surface area (Å²) in [6.45, 7) is 11.2. The van der Waals surface area contributed by atoms with Gasteiger partial charge < -0.3 is 10.2 Å². The molecule has 2 rings (SSSR count). The molecule has 4 unspecified atom stereocenters. The average molecular weight is 252 g/mol. The third-order valence-electron chi connectivity index (χ3n) is 5.13. The molecule has 2 aliphatic heterocycles. The number of rotatable bonds is 4. The molecule has 2 heteroatoms. The SMILES string of the molecule is CC1CC(C)C(C)N(CCCC2CCCCN2)C1. The molecule has 2 heterocycles. The Balaban J connectivity index is 1.68. The summed E-state index contributed by atoms with van der Waals surface area (Å²) in [6.07, 6.45) is 8.40. The summed E-state index contributed by atoms with van der Waals surface area (Å²) in [6, 6.07) is 1.61. The topological polar surface area (TPSA) is 15.3 Å². The van der Waals surface area contributed by atoms with Crippen LogP contribution in [0, 0.1) is 11.8 Å². The molecular formula is C16H32N2. The van der Waals surface area contributed by atoms with Gasteiger partial charge in [-0.3, -0.25) is 0 Å². The molecule has 2 nitrogen and oxygen atoms in total. The van der Waals surface area contributed by atoms with Gasteiger partial charge in [-0.1, -0.05) is 20.3 Å². The van der Waals surface area contributed by atoms with E-state index in [9.17, 15) is 0 Å². The first kappa shape index (κ1) is 14.3. The maximum Gasteiger partial charge on any atom is 0.00927 e. The van der Waals surface area contributed by atoms with E-state index in [4.69, 9.17) is 0 Å². The molecule has 0 aromatic heterocycles. The van der Waals surface area contributed by atoms with Crippen molar-refractivity contribution in [2.45, 2.75) is 71.4 Å². The number of nitrogens with zero attached hydrogens (tertiary/aromatic N) is 1. The summed E-state index contributed by atoms with van der Waals surface area (Å²) in [5.74, 6) is 1.77. The number of likely N-dealkylation sites (tertiary alicyclic amines) is 1. The van der Waals surface area contributed by atoms with Crippen LogP contribution in [0.2, 0.25) is 0 Å². The zero-order chi connectivity index (χ0) is 13.0. The van der Waals surface area contributed by atoms with Crippen LogP contribution < -0.4 is 5.32 Å². The maximum atomic E-state index is 3.67. The molecule has 0 amide bonds. The molecule has 0 aromatic rings. The second kappa shape index (κ2) is 6.91. The standard InChI is InChI=1S/C16H32N2/c1-13-11-14(2)15(3)18(12-13)10-6-8-16-7-4-5-9-17-16/h13-17H,4-12H2,1-3H3. The van der Waals surface area contributed by atoms with E-state index in [1.54, 1.807) is 0 Å². The molecule has 106 valence electrons. The fourth-order valence-corrected chi connectivity index (χ4v) is 3.84. The van der Waals surface area contributed by atoms with E-state index in [2.05, 4.69) is 31.0 Å². The molecule has 2 aliphatic rings. The lowest BCUT2D eigenvalue weighted by Crippen LogP contribution is -2.46. The van der Waals surface area contributed by atoms with E-state index in [0.29, 0.717) is 0 Å². The largest absolute Gasteiger partial charge is 0.314 e. The fourth-order valence-electron chi connectivity index (χ4n) is 3.84. The summed E-state index contributed by atoms with van der Waals surface area (Å²) in [7, 11) is 0. The lowest BCUT2D eigenvalue weighted by atomic mass is 9.86. The predicted molar refractivity (Wildman–Crippen MR) is 78.9 cm³/mol. The summed E-state index contributed by atoms with van der Waals surface area (Å²) in [5, 5.41) is 3.67. The van der Waals surface area contributed by atoms with Gasteiger partial charge in [-0.25, -0.2) is 0 Å². The van der Waals surface area contributed by atoms with Crippen LogP contribution >= 0.6 is 0 Å². The quantitative estimate of drug-likeness (QED) is 0.826. The van der Waals surface area contributed by atoms with Crippen molar-refractivity contribution < 1.29 is 0 Å². The van der Waals surface area contributed by atoms with Crippen molar-refractivity contribution in [2.75, 3.05) is 19.6 Å². The Hall–Kier alpha value is -0.0800. The molecule has 2 fully saturated rings. The normalized spacial score (nSPS) is 38.8. The van der Waals surface area contributed by atoms with Crippen molar-refractivity contribution in [3.63, 3.8) is 0 Å². The molecule has 0 saturated carbocycles. The van der Waals surface area contributed by atoms with E-state index >= 15 is 0 Å². The van der Waals surface area contributed by atoms with Crippen LogP contribution in [0.1, 0.15) is 59.3 Å². The van der Waals surface area contributed by atoms with Crippen LogP contribution in [0.4, 0.5) is 0 Å². The van der Waals surface area contributed by atoms with Crippen LogP contribution in [0.15, 0.2) is 0 Å². The second-order valence-corrected chi connectivity index (χ2v) is 6.84. The van der Waals surface area contributed by atoms with Crippen LogP contribution in [0.3, 0.4) is 0 Å². The molecule has 0 aliphatic carbocycles. The summed E-state index contributed by atoms with van der Waals surface area (Å²) >= 11 is 0. The molecule has 1 N–H and O–H groups in total. The molecule has 2 saturated heterocycles. The zero-order valence-corrected chi connectivity index (χ0v) is 12.6. The summed E-state index contributed by atoms with van der Waals surface area (Å²) in [4.78, 5) is 2.74. The molecule has 0 bridgehead atoms. The highest BCUT2D eigenvalue weighted by molar-refractivity contribution is 4.82. The monoisotopic (exact) mass is 252 g/mol. The van der Waals surface area contributed by atoms with E-state index < -0.39 is 0 Å². The van der Waals surface area contributed by atoms with E-state index in [-0.39, 0.29) is 0 Å². The van der Waals surface area contributed by atoms with Crippen LogP contribution in [0.25, 0.3) is 0 Å². The molecule has 0 radical (unpaired) electrons. The average Bonchev–Trinajstić information content (AvgIpc) is 2.36. The van der Waals surface area contributed by atoms with Gasteiger partial charge in [0.05, 0.1) is 0 Å². The maximum absolute atomic E-state index is 3.67. The fraction of sp³-hybridized carbons (Fsp3) is 1.00. The van der Waals surface area contributed by atoms with Gasteiger partial charge in [-0.15, -0.1) is 0 Å². The van der Waals surface area contributed by atoms with Gasteiger partial charge in [0.25, 0.3) is 0 Å². The smallest absolute Gasteiger partial charge is 0.00927 e. The highest BCUT2D eigenvalue weighted by atomic mass is 15.2. The summed E-state index contributed by atoms with van der Waals surface area (Å²) < 4.78 is 0. The van der Waals surface area contributed by atoms with Crippen LogP contribution in [0.5, 0.6) is 0 Å². The van der Waals surface area contributed by atoms with Crippen molar-refractivity contribution >= 4 is 0 Å².